The molecule has 0 aliphatic carbocycles. The molecule has 1 aliphatic rings. The molecule has 4 rings (SSSR count). The number of benzene rings is 2. The Bertz CT molecular complexity index is 1020. The van der Waals surface area contributed by atoms with E-state index in [1.54, 1.807) is 6.21 Å². The molecule has 2 aromatic carbocycles. The topological polar surface area (TPSA) is 70.2 Å². The highest BCUT2D eigenvalue weighted by molar-refractivity contribution is 6.21. The second-order valence-corrected chi connectivity index (χ2v) is 5.95. The van der Waals surface area contributed by atoms with Crippen molar-refractivity contribution in [2.75, 3.05) is 0 Å². The molecule has 0 amide bonds. The van der Waals surface area contributed by atoms with Crippen molar-refractivity contribution < 1.29 is 4.74 Å². The third-order valence-electron chi connectivity index (χ3n) is 4.16. The molecule has 1 aromatic heterocycles. The van der Waals surface area contributed by atoms with Crippen LogP contribution < -0.4 is 10.3 Å². The number of aromatic amines is 2. The number of fused-ring (bicyclic) bond motifs is 1. The standard InChI is InChI=1S/C20H17N3O2/c1-13-6-8-15(9-7-13)25-12-19-17(20(24)23-22-19)10-14-11-21-18-5-3-2-4-16(14)18/h2-11H,12H2,1H3,(H2,22,23,24)/b14-10-. The van der Waals surface area contributed by atoms with Crippen LogP contribution in [-0.2, 0) is 6.61 Å². The quantitative estimate of drug-likeness (QED) is 0.762. The number of nitrogens with one attached hydrogen (secondary N) is 2. The number of nitrogens with zero attached hydrogens (tertiary/aromatic N) is 1. The van der Waals surface area contributed by atoms with Gasteiger partial charge in [0.05, 0.1) is 16.9 Å². The number of rotatable bonds is 4. The summed E-state index contributed by atoms with van der Waals surface area (Å²) in [6.45, 7) is 2.30. The van der Waals surface area contributed by atoms with Crippen molar-refractivity contribution in [2.45, 2.75) is 13.5 Å². The van der Waals surface area contributed by atoms with Gasteiger partial charge in [0.1, 0.15) is 12.4 Å². The summed E-state index contributed by atoms with van der Waals surface area (Å²) in [5.74, 6) is 0.763. The first-order valence-electron chi connectivity index (χ1n) is 8.05. The van der Waals surface area contributed by atoms with Crippen LogP contribution >= 0.6 is 0 Å². The van der Waals surface area contributed by atoms with E-state index in [2.05, 4.69) is 15.2 Å². The maximum Gasteiger partial charge on any atom is 0.271 e. The number of hydrogen-bond donors (Lipinski definition) is 2. The van der Waals surface area contributed by atoms with Gasteiger partial charge in [-0.25, -0.2) is 0 Å². The van der Waals surface area contributed by atoms with Gasteiger partial charge >= 0.3 is 0 Å². The van der Waals surface area contributed by atoms with Gasteiger partial charge in [-0.15, -0.1) is 0 Å². The minimum absolute atomic E-state index is 0.173. The monoisotopic (exact) mass is 331 g/mol. The minimum Gasteiger partial charge on any atom is -0.487 e. The summed E-state index contributed by atoms with van der Waals surface area (Å²) in [4.78, 5) is 16.5. The summed E-state index contributed by atoms with van der Waals surface area (Å²) in [5, 5.41) is 5.53. The Morgan fingerprint density at radius 2 is 1.88 bits per heavy atom. The van der Waals surface area contributed by atoms with Crippen LogP contribution in [0.4, 0.5) is 5.69 Å². The molecule has 5 heteroatoms. The molecule has 0 saturated heterocycles. The lowest BCUT2D eigenvalue weighted by atomic mass is 10.0. The molecule has 0 unspecified atom stereocenters. The highest BCUT2D eigenvalue weighted by Crippen LogP contribution is 2.32. The van der Waals surface area contributed by atoms with Crippen molar-refractivity contribution in [2.24, 2.45) is 4.99 Å². The molecule has 2 heterocycles. The zero-order chi connectivity index (χ0) is 17.2. The molecule has 2 N–H and O–H groups in total. The molecule has 0 saturated carbocycles. The first kappa shape index (κ1) is 15.2. The van der Waals surface area contributed by atoms with Gasteiger partial charge in [0.25, 0.3) is 5.56 Å². The number of aryl methyl sites for hydroxylation is 1. The number of para-hydroxylation sites is 1. The molecule has 3 aromatic rings. The summed E-state index contributed by atoms with van der Waals surface area (Å²) in [6.07, 6.45) is 3.63. The van der Waals surface area contributed by atoms with Crippen LogP contribution in [0, 0.1) is 6.92 Å². The second-order valence-electron chi connectivity index (χ2n) is 5.95. The van der Waals surface area contributed by atoms with Crippen molar-refractivity contribution in [3.63, 3.8) is 0 Å². The number of allylic oxidation sites excluding steroid dienone is 1. The van der Waals surface area contributed by atoms with Crippen LogP contribution in [-0.4, -0.2) is 16.4 Å². The van der Waals surface area contributed by atoms with Gasteiger partial charge in [-0.3, -0.25) is 20.0 Å². The molecule has 25 heavy (non-hydrogen) atoms. The van der Waals surface area contributed by atoms with Crippen LogP contribution in [0.3, 0.4) is 0 Å². The van der Waals surface area contributed by atoms with Crippen LogP contribution in [0.25, 0.3) is 11.6 Å². The first-order chi connectivity index (χ1) is 12.2. The average molecular weight is 331 g/mol. The maximum absolute atomic E-state index is 12.2. The van der Waals surface area contributed by atoms with Gasteiger partial charge < -0.3 is 4.74 Å². The predicted octanol–water partition coefficient (Wildman–Crippen LogP) is 3.85. The van der Waals surface area contributed by atoms with E-state index in [-0.39, 0.29) is 12.2 Å². The number of aliphatic imine (C=N–C) groups is 1. The molecule has 0 radical (unpaired) electrons. The van der Waals surface area contributed by atoms with Gasteiger partial charge in [-0.1, -0.05) is 35.9 Å². The predicted molar refractivity (Wildman–Crippen MR) is 99.4 cm³/mol. The molecule has 5 nitrogen and oxygen atoms in total. The molecule has 0 bridgehead atoms. The number of H-pyrrole nitrogens is 2. The molecular formula is C20H17N3O2. The van der Waals surface area contributed by atoms with Crippen molar-refractivity contribution in [3.05, 3.63) is 81.3 Å². The normalized spacial score (nSPS) is 14.0. The maximum atomic E-state index is 12.2. The fraction of sp³-hybridized carbons (Fsp3) is 0.100. The highest BCUT2D eigenvalue weighted by atomic mass is 16.5. The van der Waals surface area contributed by atoms with E-state index < -0.39 is 0 Å². The minimum atomic E-state index is -0.173. The van der Waals surface area contributed by atoms with E-state index in [4.69, 9.17) is 4.74 Å². The van der Waals surface area contributed by atoms with Crippen LogP contribution in [0.5, 0.6) is 5.75 Å². The van der Waals surface area contributed by atoms with Gasteiger partial charge in [-0.05, 0) is 31.2 Å². The third-order valence-corrected chi connectivity index (χ3v) is 4.16. The molecular weight excluding hydrogens is 314 g/mol. The SMILES string of the molecule is Cc1ccc(OCc2[nH][nH]c(=O)c2/C=C2/C=Nc3ccccc32)cc1. The van der Waals surface area contributed by atoms with E-state index in [1.807, 2.05) is 61.5 Å². The van der Waals surface area contributed by atoms with E-state index in [9.17, 15) is 4.79 Å². The van der Waals surface area contributed by atoms with Crippen molar-refractivity contribution >= 4 is 23.6 Å². The molecule has 124 valence electrons. The van der Waals surface area contributed by atoms with E-state index in [0.29, 0.717) is 11.3 Å². The lowest BCUT2D eigenvalue weighted by Gasteiger charge is -2.06. The number of ether oxygens (including phenoxy) is 1. The van der Waals surface area contributed by atoms with Crippen molar-refractivity contribution in [1.29, 1.82) is 0 Å². The molecule has 0 fully saturated rings. The Hall–Kier alpha value is -3.34. The van der Waals surface area contributed by atoms with Gasteiger partial charge in [0, 0.05) is 17.4 Å². The Morgan fingerprint density at radius 1 is 1.08 bits per heavy atom. The van der Waals surface area contributed by atoms with Gasteiger partial charge in [0.15, 0.2) is 0 Å². The average Bonchev–Trinajstić information content (AvgIpc) is 3.20. The summed E-state index contributed by atoms with van der Waals surface area (Å²) in [5.41, 5.74) is 5.12. The van der Waals surface area contributed by atoms with E-state index in [0.717, 1.165) is 22.6 Å². The summed E-state index contributed by atoms with van der Waals surface area (Å²) in [7, 11) is 0. The lowest BCUT2D eigenvalue weighted by molar-refractivity contribution is 0.301. The van der Waals surface area contributed by atoms with Crippen LogP contribution in [0.2, 0.25) is 0 Å². The Kier molecular flexibility index (Phi) is 3.82. The lowest BCUT2D eigenvalue weighted by Crippen LogP contribution is -2.04. The zero-order valence-electron chi connectivity index (χ0n) is 13.7. The molecule has 1 aliphatic heterocycles. The Balaban J connectivity index is 1.61. The number of aromatic nitrogens is 2. The van der Waals surface area contributed by atoms with Crippen molar-refractivity contribution in [1.82, 2.24) is 10.2 Å². The van der Waals surface area contributed by atoms with E-state index in [1.165, 1.54) is 5.56 Å². The summed E-state index contributed by atoms with van der Waals surface area (Å²) in [6, 6.07) is 15.7. The van der Waals surface area contributed by atoms with Gasteiger partial charge in [0.2, 0.25) is 0 Å². The third kappa shape index (κ3) is 3.04. The summed E-state index contributed by atoms with van der Waals surface area (Å²) < 4.78 is 5.78. The largest absolute Gasteiger partial charge is 0.487 e. The smallest absolute Gasteiger partial charge is 0.271 e. The fourth-order valence-corrected chi connectivity index (χ4v) is 2.77. The second kappa shape index (κ2) is 6.28. The number of hydrogen-bond acceptors (Lipinski definition) is 3. The molecule has 0 atom stereocenters. The van der Waals surface area contributed by atoms with Crippen LogP contribution in [0.1, 0.15) is 22.4 Å². The van der Waals surface area contributed by atoms with E-state index >= 15 is 0 Å². The van der Waals surface area contributed by atoms with Crippen LogP contribution in [0.15, 0.2) is 58.3 Å². The Labute approximate surface area is 144 Å². The highest BCUT2D eigenvalue weighted by Gasteiger charge is 2.14. The van der Waals surface area contributed by atoms with Gasteiger partial charge in [-0.2, -0.15) is 0 Å². The summed E-state index contributed by atoms with van der Waals surface area (Å²) >= 11 is 0. The zero-order valence-corrected chi connectivity index (χ0v) is 13.7. The molecule has 0 spiro atoms. The Morgan fingerprint density at radius 3 is 2.72 bits per heavy atom. The van der Waals surface area contributed by atoms with Crippen molar-refractivity contribution in [3.8, 4) is 5.75 Å². The fourth-order valence-electron chi connectivity index (χ4n) is 2.77. The first-order valence-corrected chi connectivity index (χ1v) is 8.05.